The zero-order chi connectivity index (χ0) is 21.9. The molecule has 1 aromatic carbocycles. The lowest BCUT2D eigenvalue weighted by Crippen LogP contribution is -2.40. The molecule has 30 heavy (non-hydrogen) atoms. The minimum atomic E-state index is -0.347. The van der Waals surface area contributed by atoms with E-state index in [9.17, 15) is 10.0 Å². The van der Waals surface area contributed by atoms with Gasteiger partial charge in [0.25, 0.3) is 5.91 Å². The Labute approximate surface area is 195 Å². The number of rotatable bonds is 11. The summed E-state index contributed by atoms with van der Waals surface area (Å²) in [5, 5.41) is 15.4. The van der Waals surface area contributed by atoms with Crippen LogP contribution >= 0.6 is 31.9 Å². The van der Waals surface area contributed by atoms with E-state index in [1.165, 1.54) is 19.3 Å². The first-order chi connectivity index (χ1) is 14.5. The Morgan fingerprint density at radius 1 is 1.33 bits per heavy atom. The Bertz CT molecular complexity index is 707. The summed E-state index contributed by atoms with van der Waals surface area (Å²) in [4.78, 5) is 14.9. The summed E-state index contributed by atoms with van der Waals surface area (Å²) in [7, 11) is 0. The van der Waals surface area contributed by atoms with Crippen molar-refractivity contribution in [3.63, 3.8) is 0 Å². The van der Waals surface area contributed by atoms with Crippen LogP contribution in [0.4, 0.5) is 0 Å². The molecule has 0 bridgehead atoms. The minimum Gasteiger partial charge on any atom is -0.491 e. The maximum absolute atomic E-state index is 12.4. The number of nitrogens with zero attached hydrogens (tertiary/aromatic N) is 2. The van der Waals surface area contributed by atoms with Gasteiger partial charge in [0.05, 0.1) is 15.6 Å². The van der Waals surface area contributed by atoms with Crippen LogP contribution in [0.3, 0.4) is 0 Å². The Morgan fingerprint density at radius 2 is 2.07 bits per heavy atom. The summed E-state index contributed by atoms with van der Waals surface area (Å²) in [6.07, 6.45) is 5.65. The molecule has 168 valence electrons. The number of amides is 1. The Balaban J connectivity index is 1.84. The van der Waals surface area contributed by atoms with E-state index in [1.807, 2.05) is 12.1 Å². The number of ether oxygens (including phenoxy) is 1. The van der Waals surface area contributed by atoms with Gasteiger partial charge in [-0.1, -0.05) is 11.6 Å². The van der Waals surface area contributed by atoms with Crippen LogP contribution in [0.2, 0.25) is 0 Å². The molecule has 1 aromatic rings. The van der Waals surface area contributed by atoms with Crippen LogP contribution in [0.5, 0.6) is 5.75 Å². The van der Waals surface area contributed by atoms with Gasteiger partial charge in [-0.2, -0.15) is 0 Å². The highest BCUT2D eigenvalue weighted by Gasteiger charge is 2.18. The molecular weight excluding hydrogens is 516 g/mol. The molecule has 0 spiro atoms. The van der Waals surface area contributed by atoms with Crippen LogP contribution in [-0.2, 0) is 11.2 Å². The second-order valence-corrected chi connectivity index (χ2v) is 9.30. The van der Waals surface area contributed by atoms with Gasteiger partial charge >= 0.3 is 0 Å². The molecule has 1 aliphatic heterocycles. The van der Waals surface area contributed by atoms with Gasteiger partial charge in [-0.15, -0.1) is 0 Å². The van der Waals surface area contributed by atoms with E-state index in [2.05, 4.69) is 54.2 Å². The summed E-state index contributed by atoms with van der Waals surface area (Å²) < 4.78 is 7.25. The topological polar surface area (TPSA) is 100 Å². The van der Waals surface area contributed by atoms with Crippen LogP contribution in [0.1, 0.15) is 44.6 Å². The van der Waals surface area contributed by atoms with E-state index < -0.39 is 0 Å². The molecule has 9 heteroatoms. The van der Waals surface area contributed by atoms with Crippen LogP contribution in [-0.4, -0.2) is 60.6 Å². The largest absolute Gasteiger partial charge is 0.491 e. The van der Waals surface area contributed by atoms with E-state index >= 15 is 0 Å². The third-order valence-electron chi connectivity index (χ3n) is 5.26. The second-order valence-electron chi connectivity index (χ2n) is 7.59. The van der Waals surface area contributed by atoms with Gasteiger partial charge in [0, 0.05) is 25.6 Å². The fourth-order valence-electron chi connectivity index (χ4n) is 3.54. The molecular formula is C21H32Br2N4O3. The van der Waals surface area contributed by atoms with Crippen molar-refractivity contribution in [2.45, 2.75) is 51.5 Å². The Morgan fingerprint density at radius 3 is 2.70 bits per heavy atom. The van der Waals surface area contributed by atoms with Crippen LogP contribution in [0.15, 0.2) is 26.2 Å². The number of halogens is 2. The average Bonchev–Trinajstić information content (AvgIpc) is 2.72. The number of piperidine rings is 1. The molecule has 4 N–H and O–H groups in total. The second kappa shape index (κ2) is 13.3. The quantitative estimate of drug-likeness (QED) is 0.170. The summed E-state index contributed by atoms with van der Waals surface area (Å²) in [6.45, 7) is 6.01. The Kier molecular flexibility index (Phi) is 11.1. The highest BCUT2D eigenvalue weighted by molar-refractivity contribution is 9.11. The first kappa shape index (κ1) is 25.1. The average molecular weight is 548 g/mol. The predicted molar refractivity (Wildman–Crippen MR) is 126 cm³/mol. The molecule has 0 saturated carbocycles. The van der Waals surface area contributed by atoms with Gasteiger partial charge in [0.15, 0.2) is 0 Å². The van der Waals surface area contributed by atoms with Gasteiger partial charge in [0.1, 0.15) is 11.5 Å². The predicted octanol–water partition coefficient (Wildman–Crippen LogP) is 3.69. The SMILES string of the molecule is CC1CCCCN1CCCNC(=O)/C(Cc1cc(Br)c(OCCCN)c(Br)c1)=N\O. The number of hydrogen-bond donors (Lipinski definition) is 3. The number of likely N-dealkylation sites (tertiary alicyclic amines) is 1. The first-order valence-electron chi connectivity index (χ1n) is 10.5. The van der Waals surface area contributed by atoms with E-state index in [1.54, 1.807) is 0 Å². The number of carbonyl (C=O) groups is 1. The minimum absolute atomic E-state index is 0.0805. The van der Waals surface area contributed by atoms with Crippen molar-refractivity contribution in [2.24, 2.45) is 10.9 Å². The molecule has 7 nitrogen and oxygen atoms in total. The van der Waals surface area contributed by atoms with Gasteiger partial charge in [-0.25, -0.2) is 0 Å². The molecule has 0 aliphatic carbocycles. The Hall–Kier alpha value is -1.16. The maximum atomic E-state index is 12.4. The van der Waals surface area contributed by atoms with Crippen LogP contribution in [0, 0.1) is 0 Å². The molecule has 1 saturated heterocycles. The van der Waals surface area contributed by atoms with E-state index in [0.717, 1.165) is 40.4 Å². The molecule has 1 fully saturated rings. The molecule has 1 amide bonds. The summed E-state index contributed by atoms with van der Waals surface area (Å²) in [5.74, 6) is 0.339. The molecule has 0 aromatic heterocycles. The molecule has 0 radical (unpaired) electrons. The van der Waals surface area contributed by atoms with Crippen molar-refractivity contribution in [3.8, 4) is 5.75 Å². The van der Waals surface area contributed by atoms with Crippen molar-refractivity contribution in [2.75, 3.05) is 32.8 Å². The van der Waals surface area contributed by atoms with Crippen molar-refractivity contribution in [1.82, 2.24) is 10.2 Å². The third kappa shape index (κ3) is 7.83. The maximum Gasteiger partial charge on any atom is 0.269 e. The standard InChI is InChI=1S/C21H32Br2N4O3/c1-15-6-2-3-9-27(15)10-5-8-25-21(28)19(26-29)14-16-12-17(22)20(18(23)13-16)30-11-4-7-24/h12-13,15,29H,2-11,14,24H2,1H3,(H,25,28)/b26-19-. The smallest absolute Gasteiger partial charge is 0.269 e. The van der Waals surface area contributed by atoms with Crippen molar-refractivity contribution in [1.29, 1.82) is 0 Å². The first-order valence-corrected chi connectivity index (χ1v) is 12.1. The lowest BCUT2D eigenvalue weighted by atomic mass is 10.0. The third-order valence-corrected chi connectivity index (χ3v) is 6.43. The normalized spacial score (nSPS) is 17.7. The monoisotopic (exact) mass is 546 g/mol. The van der Waals surface area contributed by atoms with Crippen LogP contribution in [0.25, 0.3) is 0 Å². The highest BCUT2D eigenvalue weighted by Crippen LogP contribution is 2.35. The van der Waals surface area contributed by atoms with Gasteiger partial charge in [-0.3, -0.25) is 4.79 Å². The number of nitrogens with two attached hydrogens (primary N) is 1. The molecule has 1 unspecified atom stereocenters. The van der Waals surface area contributed by atoms with E-state index in [4.69, 9.17) is 10.5 Å². The van der Waals surface area contributed by atoms with Gasteiger partial charge < -0.3 is 25.9 Å². The number of nitrogens with one attached hydrogen (secondary N) is 1. The van der Waals surface area contributed by atoms with Crippen molar-refractivity contribution < 1.29 is 14.7 Å². The number of oxime groups is 1. The van der Waals surface area contributed by atoms with Crippen LogP contribution < -0.4 is 15.8 Å². The molecule has 1 heterocycles. The molecule has 1 atom stereocenters. The number of hydrogen-bond acceptors (Lipinski definition) is 6. The number of carbonyl (C=O) groups excluding carboxylic acids is 1. The fraction of sp³-hybridized carbons (Fsp3) is 0.619. The molecule has 2 rings (SSSR count). The summed E-state index contributed by atoms with van der Waals surface area (Å²) >= 11 is 7.00. The van der Waals surface area contributed by atoms with Gasteiger partial charge in [-0.05, 0) is 95.3 Å². The lowest BCUT2D eigenvalue weighted by Gasteiger charge is -2.33. The summed E-state index contributed by atoms with van der Waals surface area (Å²) in [6, 6.07) is 4.33. The van der Waals surface area contributed by atoms with E-state index in [-0.39, 0.29) is 18.0 Å². The zero-order valence-corrected chi connectivity index (χ0v) is 20.7. The zero-order valence-electron chi connectivity index (χ0n) is 17.5. The highest BCUT2D eigenvalue weighted by atomic mass is 79.9. The lowest BCUT2D eigenvalue weighted by molar-refractivity contribution is -0.115. The summed E-state index contributed by atoms with van der Waals surface area (Å²) in [5.41, 5.74) is 6.40. The fourth-order valence-corrected chi connectivity index (χ4v) is 5.05. The van der Waals surface area contributed by atoms with Gasteiger partial charge in [0.2, 0.25) is 0 Å². The van der Waals surface area contributed by atoms with E-state index in [0.29, 0.717) is 31.5 Å². The molecule has 1 aliphatic rings. The van der Waals surface area contributed by atoms with Crippen molar-refractivity contribution in [3.05, 3.63) is 26.6 Å². The number of benzene rings is 1. The van der Waals surface area contributed by atoms with Crippen molar-refractivity contribution >= 4 is 43.5 Å².